The van der Waals surface area contributed by atoms with Gasteiger partial charge in [0.1, 0.15) is 5.82 Å². The third-order valence-electron chi connectivity index (χ3n) is 3.26. The summed E-state index contributed by atoms with van der Waals surface area (Å²) in [6.07, 6.45) is 0.678. The molecule has 3 rings (SSSR count). The van der Waals surface area contributed by atoms with Crippen LogP contribution in [0.5, 0.6) is 0 Å². The molecule has 21 heavy (non-hydrogen) atoms. The standard InChI is InChI=1S/C15H13FIN3S/c16-9-5-6-10(11(17)7-9)13(20-18)8-15-19-12-3-1-2-4-14(12)21-15/h1-7,13,20H,8,18H2. The highest BCUT2D eigenvalue weighted by Crippen LogP contribution is 2.28. The van der Waals surface area contributed by atoms with Crippen molar-refractivity contribution in [2.75, 3.05) is 0 Å². The van der Waals surface area contributed by atoms with E-state index in [9.17, 15) is 4.39 Å². The molecule has 2 aromatic carbocycles. The summed E-state index contributed by atoms with van der Waals surface area (Å²) in [7, 11) is 0. The Morgan fingerprint density at radius 3 is 2.81 bits per heavy atom. The van der Waals surface area contributed by atoms with Gasteiger partial charge in [0.25, 0.3) is 0 Å². The van der Waals surface area contributed by atoms with Gasteiger partial charge in [-0.05, 0) is 52.4 Å². The lowest BCUT2D eigenvalue weighted by Crippen LogP contribution is -2.30. The fourth-order valence-corrected chi connectivity index (χ4v) is 4.09. The van der Waals surface area contributed by atoms with Gasteiger partial charge in [0, 0.05) is 9.99 Å². The first-order valence-corrected chi connectivity index (χ1v) is 8.32. The fraction of sp³-hybridized carbons (Fsp3) is 0.133. The van der Waals surface area contributed by atoms with Gasteiger partial charge in [-0.2, -0.15) is 0 Å². The minimum absolute atomic E-state index is 0.0851. The van der Waals surface area contributed by atoms with Crippen molar-refractivity contribution >= 4 is 44.1 Å². The fourth-order valence-electron chi connectivity index (χ4n) is 2.22. The minimum atomic E-state index is -0.237. The second-order valence-electron chi connectivity index (χ2n) is 4.66. The maximum Gasteiger partial charge on any atom is 0.124 e. The number of aromatic nitrogens is 1. The summed E-state index contributed by atoms with van der Waals surface area (Å²) in [4.78, 5) is 4.62. The Bertz CT molecular complexity index is 741. The largest absolute Gasteiger partial charge is 0.271 e. The molecule has 6 heteroatoms. The average molecular weight is 413 g/mol. The summed E-state index contributed by atoms with van der Waals surface area (Å²) in [5.41, 5.74) is 4.80. The van der Waals surface area contributed by atoms with Crippen LogP contribution in [0.1, 0.15) is 16.6 Å². The molecule has 0 aliphatic rings. The summed E-state index contributed by atoms with van der Waals surface area (Å²) in [6.45, 7) is 0. The predicted octanol–water partition coefficient (Wildman–Crippen LogP) is 3.79. The van der Waals surface area contributed by atoms with Crippen molar-refractivity contribution in [3.8, 4) is 0 Å². The Morgan fingerprint density at radius 1 is 1.29 bits per heavy atom. The second kappa shape index (κ2) is 6.35. The van der Waals surface area contributed by atoms with Crippen LogP contribution in [0.15, 0.2) is 42.5 Å². The number of hydrogen-bond donors (Lipinski definition) is 2. The van der Waals surface area contributed by atoms with E-state index in [0.29, 0.717) is 6.42 Å². The van der Waals surface area contributed by atoms with E-state index in [2.05, 4.69) is 39.1 Å². The maximum absolute atomic E-state index is 13.2. The molecule has 0 amide bonds. The molecule has 1 unspecified atom stereocenters. The van der Waals surface area contributed by atoms with Gasteiger partial charge in [-0.1, -0.05) is 18.2 Å². The van der Waals surface area contributed by atoms with E-state index in [0.717, 1.165) is 24.4 Å². The SMILES string of the molecule is NNC(Cc1nc2ccccc2s1)c1ccc(F)cc1I. The van der Waals surface area contributed by atoms with E-state index in [1.807, 2.05) is 18.2 Å². The van der Waals surface area contributed by atoms with Crippen LogP contribution in [0, 0.1) is 9.39 Å². The van der Waals surface area contributed by atoms with Crippen LogP contribution in [0.2, 0.25) is 0 Å². The van der Waals surface area contributed by atoms with Gasteiger partial charge >= 0.3 is 0 Å². The van der Waals surface area contributed by atoms with Crippen LogP contribution in [0.25, 0.3) is 10.2 Å². The summed E-state index contributed by atoms with van der Waals surface area (Å²) in [6, 6.07) is 12.7. The van der Waals surface area contributed by atoms with Crippen molar-refractivity contribution in [3.63, 3.8) is 0 Å². The lowest BCUT2D eigenvalue weighted by atomic mass is 10.0. The van der Waals surface area contributed by atoms with Crippen LogP contribution >= 0.6 is 33.9 Å². The first-order valence-electron chi connectivity index (χ1n) is 6.43. The first kappa shape index (κ1) is 14.8. The Balaban J connectivity index is 1.90. The third kappa shape index (κ3) is 3.23. The zero-order valence-corrected chi connectivity index (χ0v) is 14.0. The van der Waals surface area contributed by atoms with Crippen molar-refractivity contribution in [2.45, 2.75) is 12.5 Å². The molecule has 108 valence electrons. The lowest BCUT2D eigenvalue weighted by Gasteiger charge is -2.16. The van der Waals surface area contributed by atoms with E-state index in [1.165, 1.54) is 12.1 Å². The number of hydrazine groups is 1. The topological polar surface area (TPSA) is 50.9 Å². The number of thiazole rings is 1. The molecule has 3 aromatic rings. The number of nitrogens with two attached hydrogens (primary N) is 1. The molecular formula is C15H13FIN3S. The number of benzene rings is 2. The average Bonchev–Trinajstić information content (AvgIpc) is 2.87. The van der Waals surface area contributed by atoms with E-state index in [-0.39, 0.29) is 11.9 Å². The second-order valence-corrected chi connectivity index (χ2v) is 6.94. The molecule has 0 bridgehead atoms. The zero-order chi connectivity index (χ0) is 14.8. The summed E-state index contributed by atoms with van der Waals surface area (Å²) in [5, 5.41) is 1.01. The van der Waals surface area contributed by atoms with Crippen molar-refractivity contribution in [1.29, 1.82) is 0 Å². The molecule has 0 saturated carbocycles. The number of rotatable bonds is 4. The normalized spacial score (nSPS) is 12.7. The number of nitrogens with one attached hydrogen (secondary N) is 1. The Morgan fingerprint density at radius 2 is 2.10 bits per heavy atom. The van der Waals surface area contributed by atoms with E-state index in [4.69, 9.17) is 5.84 Å². The van der Waals surface area contributed by atoms with E-state index in [1.54, 1.807) is 17.4 Å². The number of halogens is 2. The number of nitrogens with zero attached hydrogens (tertiary/aromatic N) is 1. The van der Waals surface area contributed by atoms with Crippen molar-refractivity contribution < 1.29 is 4.39 Å². The number of hydrogen-bond acceptors (Lipinski definition) is 4. The van der Waals surface area contributed by atoms with Gasteiger partial charge in [0.15, 0.2) is 0 Å². The molecule has 0 saturated heterocycles. The monoisotopic (exact) mass is 413 g/mol. The molecule has 3 nitrogen and oxygen atoms in total. The van der Waals surface area contributed by atoms with Crippen LogP contribution in [-0.2, 0) is 6.42 Å². The molecule has 0 spiro atoms. The Kier molecular flexibility index (Phi) is 4.48. The quantitative estimate of drug-likeness (QED) is 0.389. The molecule has 1 atom stereocenters. The zero-order valence-electron chi connectivity index (χ0n) is 11.0. The van der Waals surface area contributed by atoms with Gasteiger partial charge in [-0.15, -0.1) is 11.3 Å². The Hall–Kier alpha value is -1.09. The van der Waals surface area contributed by atoms with Gasteiger partial charge in [0.2, 0.25) is 0 Å². The smallest absolute Gasteiger partial charge is 0.124 e. The van der Waals surface area contributed by atoms with Crippen LogP contribution < -0.4 is 11.3 Å². The van der Waals surface area contributed by atoms with Crippen LogP contribution in [0.3, 0.4) is 0 Å². The highest BCUT2D eigenvalue weighted by Gasteiger charge is 2.16. The summed E-state index contributed by atoms with van der Waals surface area (Å²) in [5.74, 6) is 5.45. The molecule has 0 radical (unpaired) electrons. The molecule has 0 fully saturated rings. The molecule has 0 aliphatic carbocycles. The first-order chi connectivity index (χ1) is 10.2. The van der Waals surface area contributed by atoms with Gasteiger partial charge in [0.05, 0.1) is 21.3 Å². The number of para-hydroxylation sites is 1. The van der Waals surface area contributed by atoms with Gasteiger partial charge in [-0.3, -0.25) is 11.3 Å². The lowest BCUT2D eigenvalue weighted by molar-refractivity contribution is 0.546. The summed E-state index contributed by atoms with van der Waals surface area (Å²) < 4.78 is 15.2. The maximum atomic E-state index is 13.2. The third-order valence-corrected chi connectivity index (χ3v) is 5.25. The van der Waals surface area contributed by atoms with Crippen LogP contribution in [0.4, 0.5) is 4.39 Å². The highest BCUT2D eigenvalue weighted by molar-refractivity contribution is 14.1. The molecular weight excluding hydrogens is 400 g/mol. The van der Waals surface area contributed by atoms with Gasteiger partial charge in [-0.25, -0.2) is 9.37 Å². The van der Waals surface area contributed by atoms with E-state index >= 15 is 0 Å². The highest BCUT2D eigenvalue weighted by atomic mass is 127. The van der Waals surface area contributed by atoms with Crippen molar-refractivity contribution in [2.24, 2.45) is 5.84 Å². The van der Waals surface area contributed by atoms with Gasteiger partial charge < -0.3 is 0 Å². The van der Waals surface area contributed by atoms with Crippen molar-refractivity contribution in [3.05, 3.63) is 62.4 Å². The molecule has 1 aromatic heterocycles. The molecule has 0 aliphatic heterocycles. The van der Waals surface area contributed by atoms with E-state index < -0.39 is 0 Å². The summed E-state index contributed by atoms with van der Waals surface area (Å²) >= 11 is 3.79. The van der Waals surface area contributed by atoms with Crippen LogP contribution in [-0.4, -0.2) is 4.98 Å². The van der Waals surface area contributed by atoms with Crippen molar-refractivity contribution in [1.82, 2.24) is 10.4 Å². The molecule has 3 N–H and O–H groups in total. The minimum Gasteiger partial charge on any atom is -0.271 e. The number of fused-ring (bicyclic) bond motifs is 1. The molecule has 1 heterocycles. The predicted molar refractivity (Wildman–Crippen MR) is 92.5 cm³/mol. The Labute approximate surface area is 139 Å².